The van der Waals surface area contributed by atoms with Crippen molar-refractivity contribution in [1.29, 1.82) is 0 Å². The Kier molecular flexibility index (Phi) is 2.91. The molecule has 0 heterocycles. The van der Waals surface area contributed by atoms with Gasteiger partial charge in [-0.1, -0.05) is 24.8 Å². The summed E-state index contributed by atoms with van der Waals surface area (Å²) in [6, 6.07) is 4.19. The first-order valence-electron chi connectivity index (χ1n) is 4.31. The maximum absolute atomic E-state index is 5.39. The Morgan fingerprint density at radius 2 is 1.69 bits per heavy atom. The van der Waals surface area contributed by atoms with E-state index in [-0.39, 0.29) is 0 Å². The largest absolute Gasteiger partial charge is 0.405 e. The third kappa shape index (κ3) is 1.81. The molecule has 68 valence electrons. The quantitative estimate of drug-likeness (QED) is 0.731. The predicted molar refractivity (Wildman–Crippen MR) is 59.2 cm³/mol. The van der Waals surface area contributed by atoms with Crippen LogP contribution in [0.5, 0.6) is 0 Å². The van der Waals surface area contributed by atoms with Crippen molar-refractivity contribution in [1.82, 2.24) is 0 Å². The summed E-state index contributed by atoms with van der Waals surface area (Å²) in [7, 11) is 0. The molecule has 0 bridgehead atoms. The third-order valence-electron chi connectivity index (χ3n) is 2.19. The van der Waals surface area contributed by atoms with E-state index in [0.717, 1.165) is 5.56 Å². The fourth-order valence-electron chi connectivity index (χ4n) is 1.44. The van der Waals surface area contributed by atoms with Gasteiger partial charge < -0.3 is 5.73 Å². The highest BCUT2D eigenvalue weighted by Gasteiger charge is 2.02. The molecule has 0 spiro atoms. The highest BCUT2D eigenvalue weighted by atomic mass is 14.5. The van der Waals surface area contributed by atoms with Gasteiger partial charge in [0.2, 0.25) is 0 Å². The van der Waals surface area contributed by atoms with Crippen LogP contribution in [0.4, 0.5) is 0 Å². The Hall–Kier alpha value is -1.50. The SMILES string of the molecule is C=Cc1c(C)ccc(C)c1/C=C\N. The molecule has 0 aliphatic rings. The van der Waals surface area contributed by atoms with Gasteiger partial charge in [0.1, 0.15) is 0 Å². The van der Waals surface area contributed by atoms with Crippen molar-refractivity contribution in [3.63, 3.8) is 0 Å². The summed E-state index contributed by atoms with van der Waals surface area (Å²) in [4.78, 5) is 0. The van der Waals surface area contributed by atoms with Gasteiger partial charge in [-0.15, -0.1) is 0 Å². The molecule has 0 aromatic heterocycles. The topological polar surface area (TPSA) is 26.0 Å². The van der Waals surface area contributed by atoms with Crippen LogP contribution in [0.15, 0.2) is 24.9 Å². The first kappa shape index (κ1) is 9.59. The number of rotatable bonds is 2. The monoisotopic (exact) mass is 173 g/mol. The van der Waals surface area contributed by atoms with E-state index in [2.05, 4.69) is 32.6 Å². The Balaban J connectivity index is 3.42. The van der Waals surface area contributed by atoms with Crippen LogP contribution in [-0.2, 0) is 0 Å². The Morgan fingerprint density at radius 3 is 2.15 bits per heavy atom. The van der Waals surface area contributed by atoms with Crippen molar-refractivity contribution in [2.45, 2.75) is 13.8 Å². The van der Waals surface area contributed by atoms with Gasteiger partial charge in [-0.05, 0) is 48.4 Å². The zero-order chi connectivity index (χ0) is 9.84. The van der Waals surface area contributed by atoms with Crippen LogP contribution in [0.2, 0.25) is 0 Å². The summed E-state index contributed by atoms with van der Waals surface area (Å²) in [6.07, 6.45) is 5.35. The van der Waals surface area contributed by atoms with E-state index >= 15 is 0 Å². The molecule has 1 heteroatoms. The molecule has 0 atom stereocenters. The van der Waals surface area contributed by atoms with E-state index in [1.807, 2.05) is 12.2 Å². The molecule has 1 aromatic carbocycles. The van der Waals surface area contributed by atoms with Crippen LogP contribution >= 0.6 is 0 Å². The summed E-state index contributed by atoms with van der Waals surface area (Å²) in [5.74, 6) is 0. The van der Waals surface area contributed by atoms with Crippen LogP contribution in [0.25, 0.3) is 12.2 Å². The van der Waals surface area contributed by atoms with Crippen molar-refractivity contribution >= 4 is 12.2 Å². The van der Waals surface area contributed by atoms with Crippen LogP contribution in [-0.4, -0.2) is 0 Å². The Labute approximate surface area is 79.6 Å². The molecule has 0 unspecified atom stereocenters. The first-order chi connectivity index (χ1) is 6.20. The Morgan fingerprint density at radius 1 is 1.15 bits per heavy atom. The second-order valence-corrected chi connectivity index (χ2v) is 3.09. The minimum atomic E-state index is 1.16. The zero-order valence-corrected chi connectivity index (χ0v) is 8.17. The van der Waals surface area contributed by atoms with Crippen molar-refractivity contribution in [2.24, 2.45) is 5.73 Å². The molecule has 1 aromatic rings. The Bertz CT molecular complexity index is 348. The van der Waals surface area contributed by atoms with Gasteiger partial charge in [0.15, 0.2) is 0 Å². The number of nitrogens with two attached hydrogens (primary N) is 1. The lowest BCUT2D eigenvalue weighted by Crippen LogP contribution is -1.91. The van der Waals surface area contributed by atoms with E-state index in [9.17, 15) is 0 Å². The van der Waals surface area contributed by atoms with Crippen molar-refractivity contribution in [2.75, 3.05) is 0 Å². The molecule has 2 N–H and O–H groups in total. The smallest absolute Gasteiger partial charge is 0.00560 e. The van der Waals surface area contributed by atoms with Crippen molar-refractivity contribution in [3.05, 3.63) is 47.2 Å². The van der Waals surface area contributed by atoms with Crippen LogP contribution < -0.4 is 5.73 Å². The highest BCUT2D eigenvalue weighted by molar-refractivity contribution is 5.69. The molecule has 0 aliphatic carbocycles. The lowest BCUT2D eigenvalue weighted by atomic mass is 9.97. The third-order valence-corrected chi connectivity index (χ3v) is 2.19. The minimum Gasteiger partial charge on any atom is -0.405 e. The van der Waals surface area contributed by atoms with E-state index in [1.54, 1.807) is 6.20 Å². The molecule has 0 radical (unpaired) electrons. The summed E-state index contributed by atoms with van der Waals surface area (Å²) in [6.45, 7) is 7.95. The van der Waals surface area contributed by atoms with Gasteiger partial charge >= 0.3 is 0 Å². The number of aryl methyl sites for hydroxylation is 2. The van der Waals surface area contributed by atoms with E-state index < -0.39 is 0 Å². The lowest BCUT2D eigenvalue weighted by molar-refractivity contribution is 1.35. The van der Waals surface area contributed by atoms with Gasteiger partial charge in [0.25, 0.3) is 0 Å². The molecule has 0 aliphatic heterocycles. The van der Waals surface area contributed by atoms with E-state index in [4.69, 9.17) is 5.73 Å². The molecule has 0 amide bonds. The number of hydrogen-bond donors (Lipinski definition) is 1. The van der Waals surface area contributed by atoms with Crippen LogP contribution in [0.1, 0.15) is 22.3 Å². The van der Waals surface area contributed by atoms with Gasteiger partial charge in [-0.3, -0.25) is 0 Å². The molecule has 0 saturated heterocycles. The molecule has 0 fully saturated rings. The molecular weight excluding hydrogens is 158 g/mol. The molecule has 1 nitrogen and oxygen atoms in total. The maximum Gasteiger partial charge on any atom is -0.00560 e. The normalized spacial score (nSPS) is 10.6. The number of benzene rings is 1. The van der Waals surface area contributed by atoms with Crippen molar-refractivity contribution < 1.29 is 0 Å². The predicted octanol–water partition coefficient (Wildman–Crippen LogP) is 2.88. The maximum atomic E-state index is 5.39. The van der Waals surface area contributed by atoms with Crippen LogP contribution in [0, 0.1) is 13.8 Å². The fraction of sp³-hybridized carbons (Fsp3) is 0.167. The van der Waals surface area contributed by atoms with E-state index in [0.29, 0.717) is 0 Å². The average molecular weight is 173 g/mol. The van der Waals surface area contributed by atoms with Gasteiger partial charge in [0, 0.05) is 0 Å². The molecule has 0 saturated carbocycles. The average Bonchev–Trinajstić information content (AvgIpc) is 2.12. The fourth-order valence-corrected chi connectivity index (χ4v) is 1.44. The summed E-state index contributed by atoms with van der Waals surface area (Å²) < 4.78 is 0. The molecule has 13 heavy (non-hydrogen) atoms. The zero-order valence-electron chi connectivity index (χ0n) is 8.17. The van der Waals surface area contributed by atoms with E-state index in [1.165, 1.54) is 16.7 Å². The van der Waals surface area contributed by atoms with Gasteiger partial charge in [0.05, 0.1) is 0 Å². The number of hydrogen-bond acceptors (Lipinski definition) is 1. The van der Waals surface area contributed by atoms with Gasteiger partial charge in [-0.25, -0.2) is 0 Å². The summed E-state index contributed by atoms with van der Waals surface area (Å²) in [5.41, 5.74) is 10.2. The summed E-state index contributed by atoms with van der Waals surface area (Å²) in [5, 5.41) is 0. The second-order valence-electron chi connectivity index (χ2n) is 3.09. The molecule has 1 rings (SSSR count). The first-order valence-corrected chi connectivity index (χ1v) is 4.31. The highest BCUT2D eigenvalue weighted by Crippen LogP contribution is 2.20. The summed E-state index contributed by atoms with van der Waals surface area (Å²) >= 11 is 0. The standard InChI is InChI=1S/C12H15N/c1-4-11-9(2)5-6-10(3)12(11)7-8-13/h4-8H,1,13H2,2-3H3/b8-7-. The van der Waals surface area contributed by atoms with Crippen molar-refractivity contribution in [3.8, 4) is 0 Å². The second kappa shape index (κ2) is 3.94. The van der Waals surface area contributed by atoms with Crippen LogP contribution in [0.3, 0.4) is 0 Å². The minimum absolute atomic E-state index is 1.16. The van der Waals surface area contributed by atoms with Gasteiger partial charge in [-0.2, -0.15) is 0 Å². The lowest BCUT2D eigenvalue weighted by Gasteiger charge is -2.08. The molecular formula is C12H15N.